The van der Waals surface area contributed by atoms with Gasteiger partial charge < -0.3 is 4.72 Å². The molecule has 2 heteroatoms. The summed E-state index contributed by atoms with van der Waals surface area (Å²) < 4.78 is 3.15. The van der Waals surface area contributed by atoms with E-state index < -0.39 is 0 Å². The standard InChI is InChI=1S/C9H15NS.C2H6/c1-5-9(7-8(3)4)10-11-6-2;1-2/h5,7,10H,1,3,6H2,2,4H3;1-2H3/b9-7+;. The lowest BCUT2D eigenvalue weighted by molar-refractivity contribution is 1.26. The summed E-state index contributed by atoms with van der Waals surface area (Å²) in [6.07, 6.45) is 3.76. The van der Waals surface area contributed by atoms with Crippen molar-refractivity contribution in [1.82, 2.24) is 4.72 Å². The zero-order chi connectivity index (χ0) is 10.7. The first-order valence-electron chi connectivity index (χ1n) is 4.58. The van der Waals surface area contributed by atoms with E-state index in [0.717, 1.165) is 17.0 Å². The number of hydrogen-bond donors (Lipinski definition) is 1. The van der Waals surface area contributed by atoms with Crippen molar-refractivity contribution >= 4 is 11.9 Å². The molecule has 76 valence electrons. The van der Waals surface area contributed by atoms with E-state index in [2.05, 4.69) is 24.8 Å². The van der Waals surface area contributed by atoms with Crippen LogP contribution < -0.4 is 4.72 Å². The van der Waals surface area contributed by atoms with Crippen molar-refractivity contribution in [2.45, 2.75) is 27.7 Å². The molecule has 1 nitrogen and oxygen atoms in total. The molecule has 0 atom stereocenters. The molecule has 13 heavy (non-hydrogen) atoms. The molecule has 0 aromatic rings. The molecule has 0 aliphatic carbocycles. The van der Waals surface area contributed by atoms with Gasteiger partial charge in [0.05, 0.1) is 0 Å². The van der Waals surface area contributed by atoms with Crippen LogP contribution >= 0.6 is 11.9 Å². The average molecular weight is 199 g/mol. The van der Waals surface area contributed by atoms with E-state index in [1.807, 2.05) is 26.8 Å². The fourth-order valence-electron chi connectivity index (χ4n) is 0.551. The van der Waals surface area contributed by atoms with E-state index >= 15 is 0 Å². The molecule has 0 aliphatic rings. The largest absolute Gasteiger partial charge is 0.330 e. The highest BCUT2D eigenvalue weighted by Crippen LogP contribution is 2.02. The molecule has 0 bridgehead atoms. The maximum absolute atomic E-state index is 3.78. The summed E-state index contributed by atoms with van der Waals surface area (Å²) in [6.45, 7) is 15.5. The molecule has 0 saturated heterocycles. The summed E-state index contributed by atoms with van der Waals surface area (Å²) in [5.41, 5.74) is 2.05. The highest BCUT2D eigenvalue weighted by molar-refractivity contribution is 7.97. The predicted molar refractivity (Wildman–Crippen MR) is 65.7 cm³/mol. The molecular weight excluding hydrogens is 178 g/mol. The van der Waals surface area contributed by atoms with Crippen molar-refractivity contribution in [1.29, 1.82) is 0 Å². The monoisotopic (exact) mass is 199 g/mol. The van der Waals surface area contributed by atoms with Crippen molar-refractivity contribution in [3.63, 3.8) is 0 Å². The van der Waals surface area contributed by atoms with Gasteiger partial charge in [-0.15, -0.1) is 0 Å². The van der Waals surface area contributed by atoms with Gasteiger partial charge in [-0.2, -0.15) is 0 Å². The Hall–Kier alpha value is -0.630. The summed E-state index contributed by atoms with van der Waals surface area (Å²) in [5.74, 6) is 1.04. The summed E-state index contributed by atoms with van der Waals surface area (Å²) >= 11 is 1.65. The van der Waals surface area contributed by atoms with E-state index in [-0.39, 0.29) is 0 Å². The molecule has 0 unspecified atom stereocenters. The lowest BCUT2D eigenvalue weighted by Crippen LogP contribution is -2.00. The SMILES string of the molecule is C=C/C(=C\C(=C)C)NSCC.CC. The van der Waals surface area contributed by atoms with Gasteiger partial charge in [-0.25, -0.2) is 0 Å². The number of rotatable bonds is 5. The maximum atomic E-state index is 3.78. The lowest BCUT2D eigenvalue weighted by atomic mass is 10.3. The van der Waals surface area contributed by atoms with E-state index in [1.165, 1.54) is 0 Å². The van der Waals surface area contributed by atoms with Crippen LogP contribution in [0.3, 0.4) is 0 Å². The first-order valence-corrected chi connectivity index (χ1v) is 5.56. The molecule has 0 saturated carbocycles. The average Bonchev–Trinajstić information content (AvgIpc) is 2.15. The summed E-state index contributed by atoms with van der Waals surface area (Å²) in [5, 5.41) is 0. The van der Waals surface area contributed by atoms with Gasteiger partial charge in [0.2, 0.25) is 0 Å². The highest BCUT2D eigenvalue weighted by atomic mass is 32.2. The second-order valence-corrected chi connectivity index (χ2v) is 3.26. The lowest BCUT2D eigenvalue weighted by Gasteiger charge is -2.03. The van der Waals surface area contributed by atoms with Gasteiger partial charge in [0, 0.05) is 11.4 Å². The van der Waals surface area contributed by atoms with Crippen molar-refractivity contribution in [2.24, 2.45) is 0 Å². The molecule has 0 aromatic heterocycles. The fraction of sp³-hybridized carbons (Fsp3) is 0.455. The predicted octanol–water partition coefficient (Wildman–Crippen LogP) is 3.92. The van der Waals surface area contributed by atoms with Crippen LogP contribution in [0.15, 0.2) is 36.6 Å². The minimum Gasteiger partial charge on any atom is -0.330 e. The minimum atomic E-state index is 1.02. The molecule has 0 spiro atoms. The van der Waals surface area contributed by atoms with Crippen molar-refractivity contribution < 1.29 is 0 Å². The Balaban J connectivity index is 0. The van der Waals surface area contributed by atoms with Crippen LogP contribution in [0.25, 0.3) is 0 Å². The number of allylic oxidation sites excluding steroid dienone is 3. The van der Waals surface area contributed by atoms with Crippen molar-refractivity contribution in [3.8, 4) is 0 Å². The van der Waals surface area contributed by atoms with Gasteiger partial charge in [-0.1, -0.05) is 51.5 Å². The molecule has 0 aliphatic heterocycles. The zero-order valence-electron chi connectivity index (χ0n) is 9.18. The molecule has 1 N–H and O–H groups in total. The van der Waals surface area contributed by atoms with Crippen LogP contribution in [0.5, 0.6) is 0 Å². The third-order valence-electron chi connectivity index (χ3n) is 0.956. The maximum Gasteiger partial charge on any atom is 0.0436 e. The zero-order valence-corrected chi connectivity index (χ0v) is 10.0. The Morgan fingerprint density at radius 1 is 1.46 bits per heavy atom. The Kier molecular flexibility index (Phi) is 13.0. The third kappa shape index (κ3) is 11.4. The minimum absolute atomic E-state index is 1.02. The van der Waals surface area contributed by atoms with Crippen LogP contribution in [0.4, 0.5) is 0 Å². The van der Waals surface area contributed by atoms with Gasteiger partial charge in [0.1, 0.15) is 0 Å². The van der Waals surface area contributed by atoms with E-state index in [1.54, 1.807) is 18.0 Å². The van der Waals surface area contributed by atoms with Crippen molar-refractivity contribution in [3.05, 3.63) is 36.6 Å². The molecule has 0 fully saturated rings. The van der Waals surface area contributed by atoms with E-state index in [9.17, 15) is 0 Å². The molecule has 0 amide bonds. The summed E-state index contributed by atoms with van der Waals surface area (Å²) in [4.78, 5) is 0. The van der Waals surface area contributed by atoms with Gasteiger partial charge in [-0.05, 0) is 19.1 Å². The summed E-state index contributed by atoms with van der Waals surface area (Å²) in [6, 6.07) is 0. The van der Waals surface area contributed by atoms with E-state index in [4.69, 9.17) is 0 Å². The third-order valence-corrected chi connectivity index (χ3v) is 1.62. The first-order chi connectivity index (χ1) is 6.20. The Morgan fingerprint density at radius 3 is 2.31 bits per heavy atom. The Morgan fingerprint density at radius 2 is 2.00 bits per heavy atom. The Labute approximate surface area is 87.1 Å². The summed E-state index contributed by atoms with van der Waals surface area (Å²) in [7, 11) is 0. The smallest absolute Gasteiger partial charge is 0.0436 e. The normalized spacial score (nSPS) is 9.69. The molecule has 0 radical (unpaired) electrons. The van der Waals surface area contributed by atoms with Crippen LogP contribution in [0.1, 0.15) is 27.7 Å². The number of nitrogens with one attached hydrogen (secondary N) is 1. The van der Waals surface area contributed by atoms with Gasteiger partial charge >= 0.3 is 0 Å². The van der Waals surface area contributed by atoms with Gasteiger partial charge in [0.15, 0.2) is 0 Å². The van der Waals surface area contributed by atoms with Gasteiger partial charge in [0.25, 0.3) is 0 Å². The quantitative estimate of drug-likeness (QED) is 0.532. The van der Waals surface area contributed by atoms with E-state index in [0.29, 0.717) is 0 Å². The van der Waals surface area contributed by atoms with Crippen LogP contribution in [0, 0.1) is 0 Å². The molecular formula is C11H21NS. The number of hydrogen-bond acceptors (Lipinski definition) is 2. The van der Waals surface area contributed by atoms with Crippen LogP contribution in [-0.4, -0.2) is 5.75 Å². The molecule has 0 heterocycles. The Bertz CT molecular complexity index is 171. The molecule has 0 rings (SSSR count). The van der Waals surface area contributed by atoms with Crippen molar-refractivity contribution in [2.75, 3.05) is 5.75 Å². The highest BCUT2D eigenvalue weighted by Gasteiger charge is 1.88. The second kappa shape index (κ2) is 11.4. The topological polar surface area (TPSA) is 12.0 Å². The molecule has 0 aromatic carbocycles. The van der Waals surface area contributed by atoms with Crippen LogP contribution in [-0.2, 0) is 0 Å². The van der Waals surface area contributed by atoms with Crippen LogP contribution in [0.2, 0.25) is 0 Å². The fourth-order valence-corrected chi connectivity index (χ4v) is 1.00. The van der Waals surface area contributed by atoms with Gasteiger partial charge in [-0.3, -0.25) is 0 Å². The second-order valence-electron chi connectivity index (χ2n) is 2.19. The first kappa shape index (κ1) is 14.9.